The van der Waals surface area contributed by atoms with Gasteiger partial charge in [-0.2, -0.15) is 5.26 Å². The molecule has 0 unspecified atom stereocenters. The number of unbranched alkanes of at least 4 members (excludes halogenated alkanes) is 3. The second-order valence-corrected chi connectivity index (χ2v) is 8.41. The number of carbonyl (C=O) groups is 2. The molecule has 35 heavy (non-hydrogen) atoms. The van der Waals surface area contributed by atoms with Crippen LogP contribution in [0.1, 0.15) is 57.6 Å². The number of nitrogens with zero attached hydrogens (tertiary/aromatic N) is 2. The Morgan fingerprint density at radius 2 is 1.71 bits per heavy atom. The lowest BCUT2D eigenvalue weighted by Gasteiger charge is -2.27. The molecule has 1 aliphatic rings. The molecule has 0 atom stereocenters. The Morgan fingerprint density at radius 3 is 2.40 bits per heavy atom. The van der Waals surface area contributed by atoms with Gasteiger partial charge in [0.1, 0.15) is 18.2 Å². The van der Waals surface area contributed by atoms with Gasteiger partial charge < -0.3 is 9.47 Å². The van der Waals surface area contributed by atoms with E-state index in [1.165, 1.54) is 4.90 Å². The van der Waals surface area contributed by atoms with Gasteiger partial charge in [-0.25, -0.2) is 0 Å². The molecule has 6 nitrogen and oxygen atoms in total. The number of carbonyl (C=O) groups excluding carboxylic acids is 2. The number of hydrogen-bond acceptors (Lipinski definition) is 5. The highest BCUT2D eigenvalue weighted by Gasteiger charge is 2.35. The highest BCUT2D eigenvalue weighted by atomic mass is 16.5. The number of nitriles is 1. The summed E-state index contributed by atoms with van der Waals surface area (Å²) in [6.45, 7) is 6.82. The van der Waals surface area contributed by atoms with E-state index < -0.39 is 5.91 Å². The fourth-order valence-corrected chi connectivity index (χ4v) is 3.93. The Kier molecular flexibility index (Phi) is 9.25. The second-order valence-electron chi connectivity index (χ2n) is 8.41. The minimum Gasteiger partial charge on any atom is -0.490 e. The van der Waals surface area contributed by atoms with Crippen LogP contribution >= 0.6 is 0 Å². The second kappa shape index (κ2) is 12.6. The maximum Gasteiger partial charge on any atom is 0.271 e. The summed E-state index contributed by atoms with van der Waals surface area (Å²) in [5.74, 6) is 0.287. The third kappa shape index (κ3) is 6.39. The van der Waals surface area contributed by atoms with Gasteiger partial charge in [0.2, 0.25) is 0 Å². The van der Waals surface area contributed by atoms with Crippen LogP contribution in [0.4, 0.5) is 0 Å². The Bertz CT molecular complexity index is 1160. The predicted octanol–water partition coefficient (Wildman–Crippen LogP) is 5.84. The lowest BCUT2D eigenvalue weighted by Crippen LogP contribution is -2.43. The minimum atomic E-state index is -0.511. The van der Waals surface area contributed by atoms with E-state index in [1.54, 1.807) is 13.0 Å². The molecule has 0 fully saturated rings. The lowest BCUT2D eigenvalue weighted by atomic mass is 9.93. The molecule has 0 saturated carbocycles. The van der Waals surface area contributed by atoms with Crippen molar-refractivity contribution in [2.75, 3.05) is 13.2 Å². The summed E-state index contributed by atoms with van der Waals surface area (Å²) >= 11 is 0. The van der Waals surface area contributed by atoms with E-state index in [1.807, 2.05) is 61.5 Å². The number of hydrogen-bond donors (Lipinski definition) is 0. The van der Waals surface area contributed by atoms with E-state index in [9.17, 15) is 14.9 Å². The van der Waals surface area contributed by atoms with Crippen molar-refractivity contribution < 1.29 is 19.1 Å². The average Bonchev–Trinajstić information content (AvgIpc) is 2.87. The fourth-order valence-electron chi connectivity index (χ4n) is 3.93. The highest BCUT2D eigenvalue weighted by Crippen LogP contribution is 2.32. The van der Waals surface area contributed by atoms with Crippen molar-refractivity contribution in [2.24, 2.45) is 0 Å². The number of rotatable bonds is 11. The molecular weight excluding hydrogens is 440 g/mol. The van der Waals surface area contributed by atoms with Crippen LogP contribution in [0.25, 0.3) is 6.08 Å². The zero-order valence-electron chi connectivity index (χ0n) is 20.7. The van der Waals surface area contributed by atoms with Gasteiger partial charge in [-0.1, -0.05) is 62.6 Å². The minimum absolute atomic E-state index is 0.0131. The molecule has 2 aromatic rings. The summed E-state index contributed by atoms with van der Waals surface area (Å²) in [7, 11) is 0. The highest BCUT2D eigenvalue weighted by molar-refractivity contribution is 6.19. The first-order valence-electron chi connectivity index (χ1n) is 12.1. The van der Waals surface area contributed by atoms with Crippen LogP contribution in [0.5, 0.6) is 11.5 Å². The third-order valence-electron chi connectivity index (χ3n) is 5.88. The molecule has 0 aliphatic carbocycles. The SMILES string of the molecule is CCCCCCN1C(=O)C(C#N)=C(C)/C(=C\c2ccc(OCc3ccccc3)c(OCC)c2)C1=O. The molecule has 6 heteroatoms. The monoisotopic (exact) mass is 472 g/mol. The molecule has 0 N–H and O–H groups in total. The summed E-state index contributed by atoms with van der Waals surface area (Å²) in [5, 5.41) is 9.60. The molecule has 0 radical (unpaired) electrons. The zero-order chi connectivity index (χ0) is 25.2. The van der Waals surface area contributed by atoms with Crippen LogP contribution in [0.2, 0.25) is 0 Å². The molecule has 0 aromatic heterocycles. The van der Waals surface area contributed by atoms with Crippen LogP contribution in [-0.2, 0) is 16.2 Å². The maximum absolute atomic E-state index is 13.3. The van der Waals surface area contributed by atoms with Crippen molar-refractivity contribution in [3.8, 4) is 17.6 Å². The van der Waals surface area contributed by atoms with Crippen molar-refractivity contribution in [3.05, 3.63) is 76.4 Å². The molecule has 0 spiro atoms. The van der Waals surface area contributed by atoms with Crippen molar-refractivity contribution >= 4 is 17.9 Å². The van der Waals surface area contributed by atoms with Crippen LogP contribution in [0.3, 0.4) is 0 Å². The van der Waals surface area contributed by atoms with E-state index in [0.717, 1.165) is 36.8 Å². The van der Waals surface area contributed by atoms with Crippen LogP contribution in [-0.4, -0.2) is 29.9 Å². The van der Waals surface area contributed by atoms with Gasteiger partial charge in [-0.3, -0.25) is 14.5 Å². The first-order chi connectivity index (χ1) is 17.0. The topological polar surface area (TPSA) is 79.6 Å². The first-order valence-corrected chi connectivity index (χ1v) is 12.1. The summed E-state index contributed by atoms with van der Waals surface area (Å²) in [6, 6.07) is 17.3. The Hall–Kier alpha value is -3.85. The van der Waals surface area contributed by atoms with Gasteiger partial charge >= 0.3 is 0 Å². The first kappa shape index (κ1) is 25.8. The molecule has 2 amide bonds. The largest absolute Gasteiger partial charge is 0.490 e. The molecule has 2 aromatic carbocycles. The van der Waals surface area contributed by atoms with E-state index in [4.69, 9.17) is 9.47 Å². The van der Waals surface area contributed by atoms with Crippen LogP contribution in [0.15, 0.2) is 65.3 Å². The smallest absolute Gasteiger partial charge is 0.271 e. The maximum atomic E-state index is 13.3. The van der Waals surface area contributed by atoms with Crippen LogP contribution < -0.4 is 9.47 Å². The lowest BCUT2D eigenvalue weighted by molar-refractivity contribution is -0.140. The zero-order valence-corrected chi connectivity index (χ0v) is 20.7. The number of benzene rings is 2. The Morgan fingerprint density at radius 1 is 0.943 bits per heavy atom. The van der Waals surface area contributed by atoms with Crippen molar-refractivity contribution in [3.63, 3.8) is 0 Å². The number of imide groups is 1. The molecule has 182 valence electrons. The molecule has 0 saturated heterocycles. The third-order valence-corrected chi connectivity index (χ3v) is 5.88. The van der Waals surface area contributed by atoms with Gasteiger partial charge in [0.05, 0.1) is 6.61 Å². The molecule has 1 aliphatic heterocycles. The molecule has 1 heterocycles. The standard InChI is InChI=1S/C29H32N2O4/c1-4-6-7-11-16-31-28(32)24(21(3)25(19-30)29(31)33)17-23-14-15-26(27(18-23)34-5-2)35-20-22-12-9-8-10-13-22/h8-10,12-15,17-18H,4-7,11,16,20H2,1-3H3/b24-17+. The average molecular weight is 473 g/mol. The Balaban J connectivity index is 1.89. The summed E-state index contributed by atoms with van der Waals surface area (Å²) in [6.07, 6.45) is 5.46. The normalized spacial score (nSPS) is 14.9. The van der Waals surface area contributed by atoms with Gasteiger partial charge in [0, 0.05) is 12.1 Å². The fraction of sp³-hybridized carbons (Fsp3) is 0.345. The van der Waals surface area contributed by atoms with Gasteiger partial charge in [0.15, 0.2) is 11.5 Å². The number of amides is 2. The van der Waals surface area contributed by atoms with Crippen molar-refractivity contribution in [2.45, 2.75) is 53.1 Å². The summed E-state index contributed by atoms with van der Waals surface area (Å²) in [4.78, 5) is 27.2. The van der Waals surface area contributed by atoms with E-state index in [-0.39, 0.29) is 11.5 Å². The molecular formula is C29H32N2O4. The Labute approximate surface area is 207 Å². The van der Waals surface area contributed by atoms with Crippen LogP contribution in [0, 0.1) is 11.3 Å². The van der Waals surface area contributed by atoms with Gasteiger partial charge in [-0.05, 0) is 55.2 Å². The van der Waals surface area contributed by atoms with Crippen molar-refractivity contribution in [1.29, 1.82) is 5.26 Å². The number of ether oxygens (including phenoxy) is 2. The van der Waals surface area contributed by atoms with Crippen molar-refractivity contribution in [1.82, 2.24) is 4.90 Å². The molecule has 3 rings (SSSR count). The molecule has 0 bridgehead atoms. The van der Waals surface area contributed by atoms with Gasteiger partial charge in [0.25, 0.3) is 11.8 Å². The van der Waals surface area contributed by atoms with E-state index in [0.29, 0.717) is 42.4 Å². The summed E-state index contributed by atoms with van der Waals surface area (Å²) < 4.78 is 11.8. The summed E-state index contributed by atoms with van der Waals surface area (Å²) in [5.41, 5.74) is 2.52. The van der Waals surface area contributed by atoms with Gasteiger partial charge in [-0.15, -0.1) is 0 Å². The van der Waals surface area contributed by atoms with E-state index in [2.05, 4.69) is 6.92 Å². The quantitative estimate of drug-likeness (QED) is 0.233. The van der Waals surface area contributed by atoms with E-state index >= 15 is 0 Å². The predicted molar refractivity (Wildman–Crippen MR) is 136 cm³/mol.